The molecule has 0 amide bonds. The summed E-state index contributed by atoms with van der Waals surface area (Å²) < 4.78 is 43.9. The first-order valence-corrected chi connectivity index (χ1v) is 18.5. The van der Waals surface area contributed by atoms with Crippen LogP contribution in [0.5, 0.6) is 34.5 Å². The topological polar surface area (TPSA) is 114 Å². The first-order chi connectivity index (χ1) is 28.5. The molecule has 2 N–H and O–H groups in total. The molecule has 0 saturated carbocycles. The van der Waals surface area contributed by atoms with Gasteiger partial charge in [-0.25, -0.2) is 0 Å². The fraction of sp³-hybridized carbons (Fsp3) is 0.167. The van der Waals surface area contributed by atoms with Crippen molar-refractivity contribution in [2.24, 2.45) is 0 Å². The average Bonchev–Trinajstić information content (AvgIpc) is 3.26. The molecule has 0 bridgehead atoms. The van der Waals surface area contributed by atoms with Crippen LogP contribution in [0, 0.1) is 0 Å². The second-order valence-electron chi connectivity index (χ2n) is 13.2. The molecule has 58 heavy (non-hydrogen) atoms. The summed E-state index contributed by atoms with van der Waals surface area (Å²) in [5.74, 6) is 1.91. The van der Waals surface area contributed by atoms with Gasteiger partial charge in [-0.1, -0.05) is 109 Å². The highest BCUT2D eigenvalue weighted by Gasteiger charge is 2.25. The summed E-state index contributed by atoms with van der Waals surface area (Å²) in [4.78, 5) is 0. The fourth-order valence-corrected chi connectivity index (χ4v) is 7.16. The number of hydrogen-bond acceptors (Lipinski definition) is 10. The minimum absolute atomic E-state index is 0.0362. The Morgan fingerprint density at radius 1 is 0.345 bits per heavy atom. The highest BCUT2D eigenvalue weighted by molar-refractivity contribution is 6.12. The molecule has 8 rings (SSSR count). The third-order valence-corrected chi connectivity index (χ3v) is 9.55. The minimum atomic E-state index is -0.0517. The van der Waals surface area contributed by atoms with Crippen LogP contribution < -0.4 is 18.9 Å². The van der Waals surface area contributed by atoms with E-state index < -0.39 is 0 Å². The maximum Gasteiger partial charge on any atom is 0.188 e. The highest BCUT2D eigenvalue weighted by Crippen LogP contribution is 2.52. The number of hydrogen-bond donors (Lipinski definition) is 2. The van der Waals surface area contributed by atoms with Crippen molar-refractivity contribution in [1.29, 1.82) is 0 Å². The molecule has 10 nitrogen and oxygen atoms in total. The predicted octanol–water partition coefficient (Wildman–Crippen LogP) is 10.7. The second kappa shape index (κ2) is 18.6. The molecule has 0 aliphatic carbocycles. The van der Waals surface area contributed by atoms with Crippen molar-refractivity contribution < 1.29 is 48.1 Å². The van der Waals surface area contributed by atoms with Gasteiger partial charge in [0, 0.05) is 50.7 Å². The van der Waals surface area contributed by atoms with Crippen LogP contribution in [0.15, 0.2) is 133 Å². The molecule has 0 atom stereocenters. The molecule has 0 saturated heterocycles. The number of aromatic hydroxyl groups is 2. The van der Waals surface area contributed by atoms with E-state index in [1.54, 1.807) is 26.4 Å². The zero-order valence-corrected chi connectivity index (χ0v) is 32.7. The summed E-state index contributed by atoms with van der Waals surface area (Å²) in [6.07, 6.45) is 0. The molecule has 0 aliphatic rings. The van der Waals surface area contributed by atoms with Gasteiger partial charge in [0.1, 0.15) is 11.5 Å². The molecule has 8 aromatic rings. The number of fused-ring (bicyclic) bond motifs is 4. The van der Waals surface area contributed by atoms with E-state index in [0.29, 0.717) is 11.1 Å². The van der Waals surface area contributed by atoms with Gasteiger partial charge >= 0.3 is 0 Å². The quantitative estimate of drug-likeness (QED) is 0.103. The third-order valence-electron chi connectivity index (χ3n) is 9.55. The summed E-state index contributed by atoms with van der Waals surface area (Å²) in [5.41, 5.74) is 3.16. The molecule has 0 heterocycles. The molecule has 0 spiro atoms. The van der Waals surface area contributed by atoms with E-state index in [9.17, 15) is 10.2 Å². The van der Waals surface area contributed by atoms with Crippen LogP contribution in [0.1, 0.15) is 0 Å². The maximum absolute atomic E-state index is 10.8. The number of phenols is 2. The summed E-state index contributed by atoms with van der Waals surface area (Å²) in [6, 6.07) is 43.2. The van der Waals surface area contributed by atoms with Crippen molar-refractivity contribution in [2.75, 3.05) is 55.6 Å². The fourth-order valence-electron chi connectivity index (χ4n) is 7.16. The van der Waals surface area contributed by atoms with E-state index in [1.165, 1.54) is 14.2 Å². The van der Waals surface area contributed by atoms with Gasteiger partial charge in [0.05, 0.1) is 0 Å². The molecule has 0 radical (unpaired) electrons. The van der Waals surface area contributed by atoms with Gasteiger partial charge in [0.15, 0.2) is 50.2 Å². The molecule has 296 valence electrons. The number of benzene rings is 8. The summed E-state index contributed by atoms with van der Waals surface area (Å²) in [6.45, 7) is 0.239. The van der Waals surface area contributed by atoms with Crippen molar-refractivity contribution in [2.45, 2.75) is 0 Å². The Morgan fingerprint density at radius 3 is 1.02 bits per heavy atom. The first kappa shape index (κ1) is 39.7. The highest BCUT2D eigenvalue weighted by atomic mass is 16.7. The van der Waals surface area contributed by atoms with Crippen molar-refractivity contribution >= 4 is 43.1 Å². The smallest absolute Gasteiger partial charge is 0.188 e. The number of ether oxygens (including phenoxy) is 8. The van der Waals surface area contributed by atoms with Gasteiger partial charge < -0.3 is 48.1 Å². The lowest BCUT2D eigenvalue weighted by atomic mass is 9.91. The molecular formula is C48H44O10. The van der Waals surface area contributed by atoms with Crippen LogP contribution in [-0.4, -0.2) is 65.8 Å². The Hall–Kier alpha value is -6.56. The van der Waals surface area contributed by atoms with E-state index in [4.69, 9.17) is 37.9 Å². The predicted molar refractivity (Wildman–Crippen MR) is 227 cm³/mol. The Bertz CT molecular complexity index is 2490. The maximum atomic E-state index is 10.8. The van der Waals surface area contributed by atoms with Crippen LogP contribution in [0.3, 0.4) is 0 Å². The SMILES string of the molecule is COCOc1c(O)cc2ccccc2c1-c1c(OCOC)c(O)cc2ccccc12.COCOc1ccc2ccccc2c1-c1c(OCOC)ccc2ccccc12. The van der Waals surface area contributed by atoms with Crippen LogP contribution in [0.4, 0.5) is 0 Å². The summed E-state index contributed by atoms with van der Waals surface area (Å²) in [7, 11) is 6.25. The Labute approximate surface area is 336 Å². The van der Waals surface area contributed by atoms with Gasteiger partial charge in [-0.15, -0.1) is 0 Å². The number of rotatable bonds is 14. The van der Waals surface area contributed by atoms with Gasteiger partial charge in [-0.2, -0.15) is 0 Å². The zero-order chi connectivity index (χ0) is 40.4. The van der Waals surface area contributed by atoms with Crippen LogP contribution in [-0.2, 0) is 18.9 Å². The normalized spacial score (nSPS) is 11.1. The monoisotopic (exact) mass is 780 g/mol. The molecular weight excluding hydrogens is 737 g/mol. The van der Waals surface area contributed by atoms with Gasteiger partial charge in [-0.05, 0) is 67.4 Å². The van der Waals surface area contributed by atoms with Crippen LogP contribution in [0.25, 0.3) is 65.3 Å². The molecule has 0 unspecified atom stereocenters. The lowest BCUT2D eigenvalue weighted by molar-refractivity contribution is 0.0483. The van der Waals surface area contributed by atoms with Crippen molar-refractivity contribution in [1.82, 2.24) is 0 Å². The molecule has 0 aromatic heterocycles. The number of phenolic OH excluding ortho intramolecular Hbond substituents is 2. The van der Waals surface area contributed by atoms with Crippen LogP contribution in [0.2, 0.25) is 0 Å². The summed E-state index contributed by atoms with van der Waals surface area (Å²) >= 11 is 0. The molecule has 10 heteroatoms. The molecule has 0 fully saturated rings. The minimum Gasteiger partial charge on any atom is -0.504 e. The van der Waals surface area contributed by atoms with Gasteiger partial charge in [0.2, 0.25) is 0 Å². The largest absolute Gasteiger partial charge is 0.504 e. The third kappa shape index (κ3) is 8.13. The van der Waals surface area contributed by atoms with Crippen molar-refractivity contribution in [3.8, 4) is 56.8 Å². The van der Waals surface area contributed by atoms with E-state index in [-0.39, 0.29) is 50.2 Å². The van der Waals surface area contributed by atoms with Gasteiger partial charge in [0.25, 0.3) is 0 Å². The standard InChI is InChI=1S/C24H22O6.C24H22O4/c1-27-13-29-23-19(25)11-15-7-3-5-9-17(15)21(23)22-18-10-6-4-8-16(18)12-20(26)24(22)30-14-28-2;1-25-15-27-21-13-11-17-7-3-5-9-19(17)23(21)24-20-10-6-4-8-18(20)12-14-22(24)28-16-26-2/h3-12,25-26H,13-14H2,1-2H3;3-14H,15-16H2,1-2H3. The number of methoxy groups -OCH3 is 4. The Balaban J connectivity index is 0.000000177. The first-order valence-electron chi connectivity index (χ1n) is 18.5. The zero-order valence-electron chi connectivity index (χ0n) is 32.7. The van der Waals surface area contributed by atoms with Crippen LogP contribution >= 0.6 is 0 Å². The average molecular weight is 781 g/mol. The van der Waals surface area contributed by atoms with E-state index in [2.05, 4.69) is 36.4 Å². The lowest BCUT2D eigenvalue weighted by Gasteiger charge is -2.20. The molecule has 0 aliphatic heterocycles. The lowest BCUT2D eigenvalue weighted by Crippen LogP contribution is -2.04. The summed E-state index contributed by atoms with van der Waals surface area (Å²) in [5, 5.41) is 29.3. The van der Waals surface area contributed by atoms with Gasteiger partial charge in [-0.3, -0.25) is 0 Å². The second-order valence-corrected chi connectivity index (χ2v) is 13.2. The van der Waals surface area contributed by atoms with Crippen molar-refractivity contribution in [3.05, 3.63) is 133 Å². The Kier molecular flexibility index (Phi) is 12.7. The van der Waals surface area contributed by atoms with E-state index in [0.717, 1.165) is 65.7 Å². The van der Waals surface area contributed by atoms with E-state index in [1.807, 2.05) is 84.9 Å². The van der Waals surface area contributed by atoms with E-state index >= 15 is 0 Å². The molecule has 8 aromatic carbocycles. The Morgan fingerprint density at radius 2 is 0.655 bits per heavy atom. The van der Waals surface area contributed by atoms with Crippen molar-refractivity contribution in [3.63, 3.8) is 0 Å².